The fraction of sp³-hybridized carbons (Fsp3) is 0.714. The van der Waals surface area contributed by atoms with E-state index in [0.29, 0.717) is 12.0 Å². The van der Waals surface area contributed by atoms with Gasteiger partial charge < -0.3 is 10.4 Å². The maximum Gasteiger partial charge on any atom is 0.103 e. The summed E-state index contributed by atoms with van der Waals surface area (Å²) in [7, 11) is 0. The molecule has 1 aliphatic rings. The smallest absolute Gasteiger partial charge is 0.103 e. The number of thioether (sulfide) groups is 1. The van der Waals surface area contributed by atoms with Crippen LogP contribution in [0.25, 0.3) is 0 Å². The zero-order valence-corrected chi connectivity index (χ0v) is 19.2. The fourth-order valence-corrected chi connectivity index (χ4v) is 5.04. The molecule has 2 aromatic rings. The molecule has 162 valence electrons. The van der Waals surface area contributed by atoms with Gasteiger partial charge in [-0.3, -0.25) is 14.3 Å². The molecule has 7 nitrogen and oxygen atoms in total. The van der Waals surface area contributed by atoms with Gasteiger partial charge in [0.1, 0.15) is 5.44 Å². The number of hydrogen-bond acceptors (Lipinski definition) is 6. The zero-order valence-electron chi connectivity index (χ0n) is 18.4. The Balaban J connectivity index is 1.63. The molecule has 3 unspecified atom stereocenters. The number of aryl methyl sites for hydroxylation is 4. The molecule has 0 radical (unpaired) electrons. The van der Waals surface area contributed by atoms with Gasteiger partial charge in [0.15, 0.2) is 0 Å². The minimum absolute atomic E-state index is 0.268. The molecule has 1 saturated carbocycles. The van der Waals surface area contributed by atoms with E-state index in [1.165, 1.54) is 17.8 Å². The minimum atomic E-state index is -0.268. The van der Waals surface area contributed by atoms with E-state index >= 15 is 0 Å². The van der Waals surface area contributed by atoms with Crippen LogP contribution in [0.2, 0.25) is 0 Å². The van der Waals surface area contributed by atoms with E-state index in [2.05, 4.69) is 55.8 Å². The molecule has 0 bridgehead atoms. The molecule has 1 aliphatic carbocycles. The third kappa shape index (κ3) is 5.84. The van der Waals surface area contributed by atoms with Gasteiger partial charge in [0.2, 0.25) is 0 Å². The van der Waals surface area contributed by atoms with Crippen molar-refractivity contribution in [3.63, 3.8) is 0 Å². The highest BCUT2D eigenvalue weighted by atomic mass is 32.2. The molecule has 3 atom stereocenters. The predicted octanol–water partition coefficient (Wildman–Crippen LogP) is 2.67. The van der Waals surface area contributed by atoms with Crippen molar-refractivity contribution in [2.75, 3.05) is 19.3 Å². The quantitative estimate of drug-likeness (QED) is 0.576. The maximum absolute atomic E-state index is 10.3. The molecule has 2 heterocycles. The van der Waals surface area contributed by atoms with Gasteiger partial charge in [-0.1, -0.05) is 6.42 Å². The molecule has 8 heteroatoms. The number of aromatic nitrogens is 4. The highest BCUT2D eigenvalue weighted by Gasteiger charge is 2.32. The van der Waals surface area contributed by atoms with Crippen molar-refractivity contribution in [3.8, 4) is 0 Å². The van der Waals surface area contributed by atoms with E-state index < -0.39 is 0 Å². The van der Waals surface area contributed by atoms with Crippen molar-refractivity contribution in [1.29, 1.82) is 0 Å². The van der Waals surface area contributed by atoms with Gasteiger partial charge in [0.05, 0.1) is 24.7 Å². The summed E-state index contributed by atoms with van der Waals surface area (Å²) in [5.74, 6) is 0.352. The van der Waals surface area contributed by atoms with Crippen LogP contribution < -0.4 is 5.32 Å². The number of aliphatic hydroxyl groups is 1. The van der Waals surface area contributed by atoms with E-state index in [1.54, 1.807) is 11.8 Å². The average molecular weight is 421 g/mol. The normalized spacial score (nSPS) is 20.7. The average Bonchev–Trinajstić information content (AvgIpc) is 3.34. The van der Waals surface area contributed by atoms with Crippen molar-refractivity contribution in [2.45, 2.75) is 71.8 Å². The molecule has 29 heavy (non-hydrogen) atoms. The molecule has 0 aromatic carbocycles. The second kappa shape index (κ2) is 10.1. The van der Waals surface area contributed by atoms with Crippen LogP contribution in [0.1, 0.15) is 42.0 Å². The number of nitrogens with zero attached hydrogens (tertiary/aromatic N) is 5. The van der Waals surface area contributed by atoms with Crippen LogP contribution in [-0.4, -0.2) is 60.4 Å². The van der Waals surface area contributed by atoms with Crippen molar-refractivity contribution < 1.29 is 5.11 Å². The highest BCUT2D eigenvalue weighted by Crippen LogP contribution is 2.32. The van der Waals surface area contributed by atoms with E-state index in [0.717, 1.165) is 50.7 Å². The molecule has 3 rings (SSSR count). The predicted molar refractivity (Wildman–Crippen MR) is 119 cm³/mol. The van der Waals surface area contributed by atoms with Gasteiger partial charge in [-0.25, -0.2) is 0 Å². The standard InChI is InChI=1S/C21H36N6OS/c1-15-11-17(3)26(23-15)13-25(14-27-18(4)12-16(2)24-27)10-9-22-20-8-6-7-19(20)21(28)29-5/h11-12,19-22,28H,6-10,13-14H2,1-5H3. The first-order valence-corrected chi connectivity index (χ1v) is 11.8. The fourth-order valence-electron chi connectivity index (χ4n) is 4.37. The first-order chi connectivity index (χ1) is 13.9. The van der Waals surface area contributed by atoms with Gasteiger partial charge in [-0.2, -0.15) is 10.2 Å². The summed E-state index contributed by atoms with van der Waals surface area (Å²) in [5, 5.41) is 23.3. The zero-order chi connectivity index (χ0) is 21.0. The van der Waals surface area contributed by atoms with E-state index in [-0.39, 0.29) is 5.44 Å². The lowest BCUT2D eigenvalue weighted by molar-refractivity contribution is 0.141. The van der Waals surface area contributed by atoms with Crippen LogP contribution in [0, 0.1) is 33.6 Å². The van der Waals surface area contributed by atoms with Crippen molar-refractivity contribution in [3.05, 3.63) is 34.9 Å². The maximum atomic E-state index is 10.3. The van der Waals surface area contributed by atoms with Crippen LogP contribution in [0.4, 0.5) is 0 Å². The number of aliphatic hydroxyl groups excluding tert-OH is 1. The summed E-state index contributed by atoms with van der Waals surface area (Å²) in [6.45, 7) is 11.5. The van der Waals surface area contributed by atoms with Crippen LogP contribution >= 0.6 is 11.8 Å². The number of rotatable bonds is 10. The minimum Gasteiger partial charge on any atom is -0.382 e. The van der Waals surface area contributed by atoms with Crippen LogP contribution in [0.5, 0.6) is 0 Å². The van der Waals surface area contributed by atoms with Gasteiger partial charge >= 0.3 is 0 Å². The molecule has 0 aliphatic heterocycles. The van der Waals surface area contributed by atoms with Gasteiger partial charge in [-0.05, 0) is 58.9 Å². The SMILES string of the molecule is CSC(O)C1CCCC1NCCN(Cn1nc(C)cc1C)Cn1nc(C)cc1C. The molecule has 2 N–H and O–H groups in total. The lowest BCUT2D eigenvalue weighted by Gasteiger charge is -2.27. The third-order valence-electron chi connectivity index (χ3n) is 5.89. The van der Waals surface area contributed by atoms with E-state index in [9.17, 15) is 5.11 Å². The second-order valence-corrected chi connectivity index (χ2v) is 9.27. The van der Waals surface area contributed by atoms with Crippen molar-refractivity contribution >= 4 is 11.8 Å². The molecule has 0 saturated heterocycles. The summed E-state index contributed by atoms with van der Waals surface area (Å²) in [4.78, 5) is 2.38. The Hall–Kier alpha value is -1.35. The summed E-state index contributed by atoms with van der Waals surface area (Å²) in [6, 6.07) is 4.64. The van der Waals surface area contributed by atoms with E-state index in [4.69, 9.17) is 0 Å². The van der Waals surface area contributed by atoms with Gasteiger partial charge in [0.25, 0.3) is 0 Å². The Morgan fingerprint density at radius 2 is 1.69 bits per heavy atom. The largest absolute Gasteiger partial charge is 0.382 e. The highest BCUT2D eigenvalue weighted by molar-refractivity contribution is 7.99. The molecular weight excluding hydrogens is 384 g/mol. The van der Waals surface area contributed by atoms with Crippen LogP contribution in [-0.2, 0) is 13.3 Å². The van der Waals surface area contributed by atoms with Gasteiger partial charge in [0, 0.05) is 36.4 Å². The Labute approximate surface area is 178 Å². The van der Waals surface area contributed by atoms with Crippen molar-refractivity contribution in [1.82, 2.24) is 29.8 Å². The Bertz CT molecular complexity index is 740. The Morgan fingerprint density at radius 1 is 1.10 bits per heavy atom. The van der Waals surface area contributed by atoms with Crippen LogP contribution in [0.3, 0.4) is 0 Å². The summed E-state index contributed by atoms with van der Waals surface area (Å²) in [5.41, 5.74) is 4.18. The topological polar surface area (TPSA) is 71.1 Å². The summed E-state index contributed by atoms with van der Waals surface area (Å²) < 4.78 is 4.13. The monoisotopic (exact) mass is 420 g/mol. The molecule has 0 spiro atoms. The summed E-state index contributed by atoms with van der Waals surface area (Å²) in [6.07, 6.45) is 5.45. The lowest BCUT2D eigenvalue weighted by Crippen LogP contribution is -2.42. The second-order valence-electron chi connectivity index (χ2n) is 8.31. The lowest BCUT2D eigenvalue weighted by atomic mass is 10.0. The summed E-state index contributed by atoms with van der Waals surface area (Å²) >= 11 is 1.56. The van der Waals surface area contributed by atoms with Crippen molar-refractivity contribution in [2.24, 2.45) is 5.92 Å². The number of hydrogen-bond donors (Lipinski definition) is 2. The van der Waals surface area contributed by atoms with Crippen LogP contribution in [0.15, 0.2) is 12.1 Å². The first kappa shape index (κ1) is 22.3. The third-order valence-corrected chi connectivity index (χ3v) is 6.72. The molecule has 2 aromatic heterocycles. The molecule has 1 fully saturated rings. The number of nitrogens with one attached hydrogen (secondary N) is 1. The Kier molecular flexibility index (Phi) is 7.79. The molecular formula is C21H36N6OS. The molecule has 0 amide bonds. The van der Waals surface area contributed by atoms with E-state index in [1.807, 2.05) is 20.1 Å². The Morgan fingerprint density at radius 3 is 2.17 bits per heavy atom. The first-order valence-electron chi connectivity index (χ1n) is 10.6. The van der Waals surface area contributed by atoms with Gasteiger partial charge in [-0.15, -0.1) is 11.8 Å².